The van der Waals surface area contributed by atoms with Crippen LogP contribution in [-0.2, 0) is 0 Å². The summed E-state index contributed by atoms with van der Waals surface area (Å²) in [5.74, 6) is 3.79. The molecule has 2 aliphatic rings. The van der Waals surface area contributed by atoms with Gasteiger partial charge in [0.05, 0.1) is 0 Å². The fourth-order valence-corrected chi connectivity index (χ4v) is 2.53. The van der Waals surface area contributed by atoms with E-state index in [1.165, 1.54) is 24.8 Å². The minimum absolute atomic E-state index is 0.979. The molecule has 0 amide bonds. The van der Waals surface area contributed by atoms with Crippen LogP contribution in [0.25, 0.3) is 0 Å². The van der Waals surface area contributed by atoms with Crippen molar-refractivity contribution in [1.29, 1.82) is 0 Å². The zero-order chi connectivity index (χ0) is 7.97. The van der Waals surface area contributed by atoms with Gasteiger partial charge in [0.1, 0.15) is 0 Å². The Labute approximate surface area is 73.6 Å². The van der Waals surface area contributed by atoms with E-state index in [1.807, 2.05) is 0 Å². The lowest BCUT2D eigenvalue weighted by Crippen LogP contribution is -1.97. The predicted octanol–water partition coefficient (Wildman–Crippen LogP) is 3.04. The molecular weight excluding hydrogens is 144 g/mol. The summed E-state index contributed by atoms with van der Waals surface area (Å²) in [5, 5.41) is 0. The minimum Gasteiger partial charge on any atom is -0.0622 e. The molecule has 0 heterocycles. The van der Waals surface area contributed by atoms with Crippen molar-refractivity contribution in [2.45, 2.75) is 19.3 Å². The molecule has 2 unspecified atom stereocenters. The third kappa shape index (κ3) is 0.906. The van der Waals surface area contributed by atoms with Crippen LogP contribution in [0, 0.1) is 17.8 Å². The quantitative estimate of drug-likeness (QED) is 0.587. The van der Waals surface area contributed by atoms with Crippen molar-refractivity contribution in [3.63, 3.8) is 0 Å². The van der Waals surface area contributed by atoms with Gasteiger partial charge in [0.15, 0.2) is 0 Å². The zero-order valence-electron chi connectivity index (χ0n) is 7.16. The summed E-state index contributed by atoms with van der Waals surface area (Å²) in [6, 6.07) is 10.9. The molecule has 1 radical (unpaired) electrons. The lowest BCUT2D eigenvalue weighted by Gasteiger charge is -2.10. The van der Waals surface area contributed by atoms with Crippen LogP contribution in [0.2, 0.25) is 0 Å². The molecule has 0 nitrogen and oxygen atoms in total. The Morgan fingerprint density at radius 1 is 1.08 bits per heavy atom. The lowest BCUT2D eigenvalue weighted by molar-refractivity contribution is 0.771. The first-order valence-electron chi connectivity index (χ1n) is 4.86. The summed E-state index contributed by atoms with van der Waals surface area (Å²) in [6.07, 6.45) is 4.29. The Hall–Kier alpha value is -0.780. The van der Waals surface area contributed by atoms with Crippen LogP contribution < -0.4 is 0 Å². The Morgan fingerprint density at radius 3 is 2.50 bits per heavy atom. The van der Waals surface area contributed by atoms with Gasteiger partial charge >= 0.3 is 0 Å². The normalized spacial score (nSPS) is 33.3. The maximum Gasteiger partial charge on any atom is 0.00836 e. The first kappa shape index (κ1) is 6.71. The molecule has 2 fully saturated rings. The maximum absolute atomic E-state index is 2.26. The average molecular weight is 157 g/mol. The molecule has 1 aromatic rings. The Morgan fingerprint density at radius 2 is 1.92 bits per heavy atom. The molecule has 0 aromatic heterocycles. The Kier molecular flexibility index (Phi) is 1.31. The fourth-order valence-electron chi connectivity index (χ4n) is 2.53. The molecule has 2 atom stereocenters. The zero-order valence-corrected chi connectivity index (χ0v) is 7.16. The topological polar surface area (TPSA) is 0 Å². The minimum atomic E-state index is 0.979. The van der Waals surface area contributed by atoms with Crippen molar-refractivity contribution < 1.29 is 0 Å². The summed E-state index contributed by atoms with van der Waals surface area (Å²) < 4.78 is 0. The van der Waals surface area contributed by atoms with Gasteiger partial charge in [-0.15, -0.1) is 0 Å². The predicted molar refractivity (Wildman–Crippen MR) is 49.6 cm³/mol. The monoisotopic (exact) mass is 157 g/mol. The molecule has 0 aliphatic heterocycles. The largest absolute Gasteiger partial charge is 0.0622 e. The Balaban J connectivity index is 1.89. The van der Waals surface area contributed by atoms with Gasteiger partial charge in [0, 0.05) is 5.92 Å². The van der Waals surface area contributed by atoms with E-state index in [0.717, 1.165) is 11.8 Å². The highest BCUT2D eigenvalue weighted by molar-refractivity contribution is 5.37. The molecule has 0 bridgehead atoms. The molecular formula is C12H13. The van der Waals surface area contributed by atoms with Gasteiger partial charge in [-0.1, -0.05) is 30.3 Å². The molecule has 0 spiro atoms. The molecule has 0 N–H and O–H groups in total. The van der Waals surface area contributed by atoms with E-state index in [-0.39, 0.29) is 0 Å². The first-order chi connectivity index (χ1) is 5.95. The van der Waals surface area contributed by atoms with Crippen LogP contribution in [0.4, 0.5) is 0 Å². The fraction of sp³-hybridized carbons (Fsp3) is 0.417. The summed E-state index contributed by atoms with van der Waals surface area (Å²) >= 11 is 0. The van der Waals surface area contributed by atoms with Gasteiger partial charge in [-0.3, -0.25) is 0 Å². The second kappa shape index (κ2) is 2.35. The van der Waals surface area contributed by atoms with Crippen molar-refractivity contribution in [1.82, 2.24) is 0 Å². The van der Waals surface area contributed by atoms with Gasteiger partial charge < -0.3 is 0 Å². The van der Waals surface area contributed by atoms with E-state index in [9.17, 15) is 0 Å². The van der Waals surface area contributed by atoms with E-state index in [0.29, 0.717) is 0 Å². The maximum atomic E-state index is 2.26. The summed E-state index contributed by atoms with van der Waals surface area (Å²) in [7, 11) is 0. The summed E-state index contributed by atoms with van der Waals surface area (Å²) in [6.45, 7) is 0. The van der Waals surface area contributed by atoms with Crippen LogP contribution in [0.1, 0.15) is 24.8 Å². The third-order valence-corrected chi connectivity index (χ3v) is 3.30. The van der Waals surface area contributed by atoms with Gasteiger partial charge in [-0.2, -0.15) is 0 Å². The molecule has 0 heteroatoms. The summed E-state index contributed by atoms with van der Waals surface area (Å²) in [4.78, 5) is 0. The van der Waals surface area contributed by atoms with Gasteiger partial charge in [0.2, 0.25) is 0 Å². The summed E-state index contributed by atoms with van der Waals surface area (Å²) in [5.41, 5.74) is 1.50. The molecule has 12 heavy (non-hydrogen) atoms. The SMILES string of the molecule is c1ccc([C]2CCC3CC23)cc1. The smallest absolute Gasteiger partial charge is 0.00836 e. The van der Waals surface area contributed by atoms with Crippen LogP contribution in [0.3, 0.4) is 0 Å². The highest BCUT2D eigenvalue weighted by Crippen LogP contribution is 2.58. The number of benzene rings is 1. The standard InChI is InChI=1S/C12H13/c1-2-4-9(5-3-1)11-7-6-10-8-12(10)11/h1-5,10,12H,6-8H2. The molecule has 3 rings (SSSR count). The van der Waals surface area contributed by atoms with Crippen molar-refractivity contribution in [3.8, 4) is 0 Å². The van der Waals surface area contributed by atoms with E-state index >= 15 is 0 Å². The molecule has 0 saturated heterocycles. The molecule has 2 saturated carbocycles. The van der Waals surface area contributed by atoms with Gasteiger partial charge in [-0.25, -0.2) is 0 Å². The van der Waals surface area contributed by atoms with E-state index in [1.54, 1.807) is 5.92 Å². The highest BCUT2D eigenvalue weighted by atomic mass is 14.5. The van der Waals surface area contributed by atoms with E-state index in [2.05, 4.69) is 30.3 Å². The molecule has 61 valence electrons. The third-order valence-electron chi connectivity index (χ3n) is 3.30. The molecule has 2 aliphatic carbocycles. The lowest BCUT2D eigenvalue weighted by atomic mass is 9.94. The van der Waals surface area contributed by atoms with Gasteiger partial charge in [-0.05, 0) is 36.7 Å². The van der Waals surface area contributed by atoms with Crippen molar-refractivity contribution in [3.05, 3.63) is 41.8 Å². The van der Waals surface area contributed by atoms with E-state index < -0.39 is 0 Å². The average Bonchev–Trinajstić information content (AvgIpc) is 2.80. The highest BCUT2D eigenvalue weighted by Gasteiger charge is 2.48. The van der Waals surface area contributed by atoms with Crippen LogP contribution in [0.5, 0.6) is 0 Å². The van der Waals surface area contributed by atoms with Crippen LogP contribution >= 0.6 is 0 Å². The molecule has 1 aromatic carbocycles. The Bertz CT molecular complexity index is 275. The second-order valence-corrected chi connectivity index (χ2v) is 4.03. The number of rotatable bonds is 1. The first-order valence-corrected chi connectivity index (χ1v) is 4.86. The van der Waals surface area contributed by atoms with E-state index in [4.69, 9.17) is 0 Å². The number of hydrogen-bond acceptors (Lipinski definition) is 0. The number of fused-ring (bicyclic) bond motifs is 1. The number of hydrogen-bond donors (Lipinski definition) is 0. The van der Waals surface area contributed by atoms with Gasteiger partial charge in [0.25, 0.3) is 0 Å². The van der Waals surface area contributed by atoms with Crippen molar-refractivity contribution in [2.75, 3.05) is 0 Å². The van der Waals surface area contributed by atoms with Crippen LogP contribution in [-0.4, -0.2) is 0 Å². The second-order valence-electron chi connectivity index (χ2n) is 4.03. The van der Waals surface area contributed by atoms with Crippen LogP contribution in [0.15, 0.2) is 30.3 Å². The van der Waals surface area contributed by atoms with Crippen molar-refractivity contribution >= 4 is 0 Å². The van der Waals surface area contributed by atoms with Crippen molar-refractivity contribution in [2.24, 2.45) is 11.8 Å².